The maximum atomic E-state index is 9.51. The molecular weight excluding hydrogens is 272 g/mol. The minimum Gasteiger partial charge on any atom is -0.238 e. The van der Waals surface area contributed by atoms with E-state index in [1.165, 1.54) is 0 Å². The molecule has 0 aromatic heterocycles. The van der Waals surface area contributed by atoms with E-state index < -0.39 is 0 Å². The van der Waals surface area contributed by atoms with Crippen LogP contribution < -0.4 is 0 Å². The van der Waals surface area contributed by atoms with Gasteiger partial charge in [0.05, 0.1) is 29.3 Å². The molecule has 0 aliphatic carbocycles. The molecule has 0 atom stereocenters. The van der Waals surface area contributed by atoms with Crippen molar-refractivity contribution in [1.82, 2.24) is 0 Å². The summed E-state index contributed by atoms with van der Waals surface area (Å²) < 4.78 is 0. The topological polar surface area (TPSA) is 75.7 Å². The van der Waals surface area contributed by atoms with Crippen LogP contribution in [-0.2, 0) is 0 Å². The summed E-state index contributed by atoms with van der Waals surface area (Å²) in [6, 6.07) is 16.2. The van der Waals surface area contributed by atoms with Crippen LogP contribution in [0.15, 0.2) is 36.4 Å². The molecular formula is C18H6N4. The van der Waals surface area contributed by atoms with Crippen LogP contribution in [0.3, 0.4) is 0 Å². The third kappa shape index (κ3) is 1.74. The van der Waals surface area contributed by atoms with E-state index >= 15 is 0 Å². The van der Waals surface area contributed by atoms with E-state index in [4.69, 9.17) is 11.8 Å². The second-order valence-corrected chi connectivity index (χ2v) is 4.69. The summed E-state index contributed by atoms with van der Waals surface area (Å²) in [5, 5.41) is 30.5. The molecule has 3 aromatic rings. The predicted molar refractivity (Wildman–Crippen MR) is 81.9 cm³/mol. The van der Waals surface area contributed by atoms with Crippen LogP contribution in [-0.4, -0.2) is 0 Å². The van der Waals surface area contributed by atoms with Gasteiger partial charge in [-0.05, 0) is 29.0 Å². The summed E-state index contributed by atoms with van der Waals surface area (Å²) in [5.74, 6) is 0. The lowest BCUT2D eigenvalue weighted by atomic mass is 9.91. The molecule has 0 heterocycles. The maximum Gasteiger partial charge on any atom is 0.187 e. The van der Waals surface area contributed by atoms with E-state index in [9.17, 15) is 10.5 Å². The first-order chi connectivity index (χ1) is 10.7. The zero-order valence-electron chi connectivity index (χ0n) is 11.3. The molecule has 0 saturated carbocycles. The molecule has 0 aliphatic rings. The van der Waals surface area contributed by atoms with Gasteiger partial charge in [0.15, 0.2) is 5.69 Å². The van der Waals surface area contributed by atoms with Gasteiger partial charge in [-0.25, -0.2) is 4.85 Å². The van der Waals surface area contributed by atoms with Crippen molar-refractivity contribution < 1.29 is 0 Å². The lowest BCUT2D eigenvalue weighted by Gasteiger charge is -2.09. The fraction of sp³-hybridized carbons (Fsp3) is 0. The van der Waals surface area contributed by atoms with Gasteiger partial charge in [-0.2, -0.15) is 15.8 Å². The van der Waals surface area contributed by atoms with Crippen LogP contribution in [0, 0.1) is 40.6 Å². The van der Waals surface area contributed by atoms with E-state index in [-0.39, 0.29) is 0 Å². The van der Waals surface area contributed by atoms with E-state index in [0.29, 0.717) is 43.9 Å². The van der Waals surface area contributed by atoms with E-state index in [2.05, 4.69) is 17.0 Å². The van der Waals surface area contributed by atoms with Gasteiger partial charge in [0.1, 0.15) is 12.1 Å². The predicted octanol–water partition coefficient (Wildman–Crippen LogP) is 4.16. The van der Waals surface area contributed by atoms with Gasteiger partial charge in [0.2, 0.25) is 0 Å². The molecule has 0 unspecified atom stereocenters. The summed E-state index contributed by atoms with van der Waals surface area (Å²) in [6.07, 6.45) is 0. The lowest BCUT2D eigenvalue weighted by molar-refractivity contribution is 1.48. The van der Waals surface area contributed by atoms with E-state index in [1.807, 2.05) is 6.07 Å². The fourth-order valence-electron chi connectivity index (χ4n) is 2.60. The number of benzene rings is 3. The van der Waals surface area contributed by atoms with E-state index in [0.717, 1.165) is 0 Å². The highest BCUT2D eigenvalue weighted by atomic mass is 14.6. The molecule has 0 radical (unpaired) electrons. The minimum atomic E-state index is 0.414. The first-order valence-electron chi connectivity index (χ1n) is 6.34. The van der Waals surface area contributed by atoms with Gasteiger partial charge in [-0.1, -0.05) is 18.2 Å². The first kappa shape index (κ1) is 13.1. The van der Waals surface area contributed by atoms with Gasteiger partial charge in [0.25, 0.3) is 0 Å². The molecule has 3 rings (SSSR count). The Bertz CT molecular complexity index is 1020. The number of nitriles is 3. The monoisotopic (exact) mass is 278 g/mol. The Hall–Kier alpha value is -3.86. The highest BCUT2D eigenvalue weighted by molar-refractivity contribution is 6.10. The Kier molecular flexibility index (Phi) is 2.94. The van der Waals surface area contributed by atoms with Gasteiger partial charge < -0.3 is 0 Å². The number of fused-ring (bicyclic) bond motifs is 2. The summed E-state index contributed by atoms with van der Waals surface area (Å²) in [7, 11) is 0. The SMILES string of the molecule is [C-]#[N+]c1ccc2c(C#N)c3cc(C#N)ccc3c(C#N)c2c1. The lowest BCUT2D eigenvalue weighted by Crippen LogP contribution is -1.90. The standard InChI is InChI=1S/C18H6N4/c1-22-12-3-5-14-16(7-12)18(10-21)13-4-2-11(8-19)6-15(13)17(14)9-20/h2-7H. The average molecular weight is 278 g/mol. The Labute approximate surface area is 126 Å². The Morgan fingerprint density at radius 1 is 0.727 bits per heavy atom. The average Bonchev–Trinajstić information content (AvgIpc) is 2.58. The summed E-state index contributed by atoms with van der Waals surface area (Å²) in [5.41, 5.74) is 1.68. The van der Waals surface area contributed by atoms with Crippen LogP contribution in [0.2, 0.25) is 0 Å². The van der Waals surface area contributed by atoms with Gasteiger partial charge in [0, 0.05) is 10.8 Å². The van der Waals surface area contributed by atoms with Crippen molar-refractivity contribution in [3.8, 4) is 18.2 Å². The molecule has 0 N–H and O–H groups in total. The molecule has 0 fully saturated rings. The van der Waals surface area contributed by atoms with Crippen LogP contribution in [0.4, 0.5) is 5.69 Å². The summed E-state index contributed by atoms with van der Waals surface area (Å²) in [6.45, 7) is 7.10. The zero-order valence-corrected chi connectivity index (χ0v) is 11.3. The number of nitrogens with zero attached hydrogens (tertiary/aromatic N) is 4. The molecule has 0 spiro atoms. The Morgan fingerprint density at radius 2 is 1.32 bits per heavy atom. The van der Waals surface area contributed by atoms with Gasteiger partial charge >= 0.3 is 0 Å². The van der Waals surface area contributed by atoms with Crippen LogP contribution in [0.25, 0.3) is 26.4 Å². The zero-order chi connectivity index (χ0) is 15.7. The van der Waals surface area contributed by atoms with Crippen LogP contribution in [0.1, 0.15) is 16.7 Å². The first-order valence-corrected chi connectivity index (χ1v) is 6.34. The van der Waals surface area contributed by atoms with Crippen molar-refractivity contribution in [3.63, 3.8) is 0 Å². The van der Waals surface area contributed by atoms with Crippen molar-refractivity contribution in [2.24, 2.45) is 0 Å². The van der Waals surface area contributed by atoms with Crippen molar-refractivity contribution in [1.29, 1.82) is 15.8 Å². The van der Waals surface area contributed by atoms with Crippen molar-refractivity contribution in [2.75, 3.05) is 0 Å². The van der Waals surface area contributed by atoms with Crippen molar-refractivity contribution in [3.05, 3.63) is 64.5 Å². The molecule has 0 saturated heterocycles. The van der Waals surface area contributed by atoms with Crippen LogP contribution >= 0.6 is 0 Å². The highest BCUT2D eigenvalue weighted by Crippen LogP contribution is 2.34. The Morgan fingerprint density at radius 3 is 1.86 bits per heavy atom. The smallest absolute Gasteiger partial charge is 0.187 e. The molecule has 0 amide bonds. The van der Waals surface area contributed by atoms with Crippen LogP contribution in [0.5, 0.6) is 0 Å². The second kappa shape index (κ2) is 4.92. The minimum absolute atomic E-state index is 0.414. The number of hydrogen-bond acceptors (Lipinski definition) is 3. The molecule has 98 valence electrons. The third-order valence-electron chi connectivity index (χ3n) is 3.58. The quantitative estimate of drug-likeness (QED) is 0.457. The van der Waals surface area contributed by atoms with Gasteiger partial charge in [-0.15, -0.1) is 0 Å². The third-order valence-corrected chi connectivity index (χ3v) is 3.58. The molecule has 4 nitrogen and oxygen atoms in total. The van der Waals surface area contributed by atoms with Crippen molar-refractivity contribution >= 4 is 27.2 Å². The summed E-state index contributed by atoms with van der Waals surface area (Å²) in [4.78, 5) is 3.37. The molecule has 3 aromatic carbocycles. The van der Waals surface area contributed by atoms with Crippen molar-refractivity contribution in [2.45, 2.75) is 0 Å². The normalized spacial score (nSPS) is 9.64. The maximum absolute atomic E-state index is 9.51. The van der Waals surface area contributed by atoms with Gasteiger partial charge in [-0.3, -0.25) is 0 Å². The summed E-state index contributed by atoms with van der Waals surface area (Å²) >= 11 is 0. The fourth-order valence-corrected chi connectivity index (χ4v) is 2.60. The highest BCUT2D eigenvalue weighted by Gasteiger charge is 2.14. The second-order valence-electron chi connectivity index (χ2n) is 4.69. The molecule has 0 aliphatic heterocycles. The number of rotatable bonds is 0. The molecule has 0 bridgehead atoms. The Balaban J connectivity index is 2.65. The van der Waals surface area contributed by atoms with E-state index in [1.54, 1.807) is 36.4 Å². The molecule has 22 heavy (non-hydrogen) atoms. The number of hydrogen-bond donors (Lipinski definition) is 0. The molecule has 4 heteroatoms. The largest absolute Gasteiger partial charge is 0.238 e.